The first kappa shape index (κ1) is 8.97. The lowest BCUT2D eigenvalue weighted by Gasteiger charge is -1.91. The molecule has 2 aromatic rings. The molecule has 0 aliphatic carbocycles. The molecule has 0 fully saturated rings. The molecule has 0 aliphatic rings. The van der Waals surface area contributed by atoms with Gasteiger partial charge in [-0.25, -0.2) is 5.25 Å². The molecule has 0 atom stereocenters. The molecular formula is C9H9ClN2. The summed E-state index contributed by atoms with van der Waals surface area (Å²) in [6.07, 6.45) is 1.81. The van der Waals surface area contributed by atoms with E-state index in [9.17, 15) is 0 Å². The molecule has 0 saturated heterocycles. The maximum Gasteiger partial charge on any atom is 0.0701 e. The standard InChI is InChI=1S/C9H7N.ClH2N/c1-2-6-9-8(4-1)5-3-7-10-9;1-2/h1-7H;2H2. The summed E-state index contributed by atoms with van der Waals surface area (Å²) >= 11 is 4.14. The smallest absolute Gasteiger partial charge is 0.0701 e. The quantitative estimate of drug-likeness (QED) is 0.632. The number of fused-ring (bicyclic) bond motifs is 1. The molecule has 1 aromatic heterocycles. The highest BCUT2D eigenvalue weighted by Crippen LogP contribution is 2.07. The molecule has 2 nitrogen and oxygen atoms in total. The Labute approximate surface area is 76.1 Å². The Balaban J connectivity index is 0.000000336. The van der Waals surface area contributed by atoms with Gasteiger partial charge in [0, 0.05) is 11.6 Å². The zero-order valence-electron chi connectivity index (χ0n) is 6.44. The van der Waals surface area contributed by atoms with E-state index < -0.39 is 0 Å². The molecule has 0 bridgehead atoms. The molecule has 0 unspecified atom stereocenters. The van der Waals surface area contributed by atoms with Crippen molar-refractivity contribution < 1.29 is 0 Å². The van der Waals surface area contributed by atoms with Crippen LogP contribution in [0.25, 0.3) is 10.9 Å². The molecule has 0 saturated carbocycles. The van der Waals surface area contributed by atoms with Gasteiger partial charge >= 0.3 is 0 Å². The molecule has 12 heavy (non-hydrogen) atoms. The summed E-state index contributed by atoms with van der Waals surface area (Å²) in [5.74, 6) is 0. The third kappa shape index (κ3) is 1.94. The highest BCUT2D eigenvalue weighted by molar-refractivity contribution is 6.11. The Morgan fingerprint density at radius 3 is 2.42 bits per heavy atom. The van der Waals surface area contributed by atoms with Crippen LogP contribution in [-0.2, 0) is 0 Å². The molecule has 0 amide bonds. The zero-order chi connectivity index (χ0) is 8.81. The van der Waals surface area contributed by atoms with Gasteiger partial charge in [0.25, 0.3) is 0 Å². The van der Waals surface area contributed by atoms with Gasteiger partial charge in [-0.1, -0.05) is 24.3 Å². The van der Waals surface area contributed by atoms with Crippen LogP contribution >= 0.6 is 11.8 Å². The fourth-order valence-corrected chi connectivity index (χ4v) is 1.02. The van der Waals surface area contributed by atoms with Crippen LogP contribution in [-0.4, -0.2) is 4.98 Å². The lowest BCUT2D eigenvalue weighted by molar-refractivity contribution is 1.41. The van der Waals surface area contributed by atoms with Gasteiger partial charge < -0.3 is 0 Å². The first-order chi connectivity index (χ1) is 5.97. The van der Waals surface area contributed by atoms with Crippen LogP contribution in [0, 0.1) is 0 Å². The maximum absolute atomic E-state index is 4.18. The number of nitrogens with two attached hydrogens (primary N) is 1. The van der Waals surface area contributed by atoms with Crippen LogP contribution in [0.1, 0.15) is 0 Å². The minimum atomic E-state index is 1.06. The van der Waals surface area contributed by atoms with Crippen LogP contribution in [0.15, 0.2) is 42.6 Å². The largest absolute Gasteiger partial charge is 0.256 e. The van der Waals surface area contributed by atoms with Crippen molar-refractivity contribution in [3.05, 3.63) is 42.6 Å². The number of hydrogen-bond donors (Lipinski definition) is 1. The zero-order valence-corrected chi connectivity index (χ0v) is 7.20. The number of nitrogens with zero attached hydrogens (tertiary/aromatic N) is 1. The number of rotatable bonds is 0. The van der Waals surface area contributed by atoms with Crippen LogP contribution in [0.5, 0.6) is 0 Å². The Kier molecular flexibility index (Phi) is 3.51. The van der Waals surface area contributed by atoms with Gasteiger partial charge in [0.1, 0.15) is 0 Å². The molecule has 1 heterocycles. The summed E-state index contributed by atoms with van der Waals surface area (Å²) in [4.78, 5) is 4.18. The van der Waals surface area contributed by atoms with E-state index in [0.717, 1.165) is 5.52 Å². The van der Waals surface area contributed by atoms with E-state index in [0.29, 0.717) is 0 Å². The Bertz CT molecular complexity index is 284. The minimum Gasteiger partial charge on any atom is -0.256 e. The number of hydrogen-bond acceptors (Lipinski definition) is 2. The normalized spacial score (nSPS) is 8.83. The van der Waals surface area contributed by atoms with E-state index in [1.165, 1.54) is 5.39 Å². The molecule has 0 aliphatic heterocycles. The maximum atomic E-state index is 4.18. The van der Waals surface area contributed by atoms with E-state index in [4.69, 9.17) is 0 Å². The molecule has 1 aromatic carbocycles. The predicted octanol–water partition coefficient (Wildman–Crippen LogP) is 2.33. The van der Waals surface area contributed by atoms with Crippen LogP contribution in [0.2, 0.25) is 0 Å². The Morgan fingerprint density at radius 2 is 1.67 bits per heavy atom. The average molecular weight is 181 g/mol. The van der Waals surface area contributed by atoms with Crippen molar-refractivity contribution in [3.63, 3.8) is 0 Å². The van der Waals surface area contributed by atoms with Crippen LogP contribution in [0.4, 0.5) is 0 Å². The molecule has 62 valence electrons. The second-order valence-corrected chi connectivity index (χ2v) is 2.20. The summed E-state index contributed by atoms with van der Waals surface area (Å²) in [6.45, 7) is 0. The summed E-state index contributed by atoms with van der Waals surface area (Å²) in [5, 5.41) is 5.17. The lowest BCUT2D eigenvalue weighted by atomic mass is 10.2. The summed E-state index contributed by atoms with van der Waals surface area (Å²) in [7, 11) is 0. The number of para-hydroxylation sites is 1. The van der Waals surface area contributed by atoms with E-state index in [1.54, 1.807) is 0 Å². The van der Waals surface area contributed by atoms with E-state index in [-0.39, 0.29) is 0 Å². The van der Waals surface area contributed by atoms with E-state index >= 15 is 0 Å². The van der Waals surface area contributed by atoms with E-state index in [1.807, 2.05) is 30.5 Å². The summed E-state index contributed by atoms with van der Waals surface area (Å²) < 4.78 is 0. The van der Waals surface area contributed by atoms with Crippen molar-refractivity contribution in [2.75, 3.05) is 0 Å². The first-order valence-corrected chi connectivity index (χ1v) is 3.92. The SMILES string of the molecule is NCl.c1ccc2ncccc2c1. The van der Waals surface area contributed by atoms with Crippen molar-refractivity contribution in [2.24, 2.45) is 5.25 Å². The van der Waals surface area contributed by atoms with Crippen LogP contribution in [0.3, 0.4) is 0 Å². The molecule has 0 radical (unpaired) electrons. The number of halogens is 1. The van der Waals surface area contributed by atoms with Gasteiger partial charge in [0.15, 0.2) is 0 Å². The molecule has 2 N–H and O–H groups in total. The van der Waals surface area contributed by atoms with Crippen LogP contribution < -0.4 is 5.25 Å². The molecule has 0 spiro atoms. The third-order valence-electron chi connectivity index (χ3n) is 1.51. The fourth-order valence-electron chi connectivity index (χ4n) is 1.02. The molecular weight excluding hydrogens is 172 g/mol. The first-order valence-electron chi connectivity index (χ1n) is 3.48. The van der Waals surface area contributed by atoms with E-state index in [2.05, 4.69) is 34.1 Å². The van der Waals surface area contributed by atoms with Gasteiger partial charge in [-0.2, -0.15) is 0 Å². The summed E-state index contributed by atoms with van der Waals surface area (Å²) in [6, 6.07) is 12.1. The lowest BCUT2D eigenvalue weighted by Crippen LogP contribution is -1.73. The fraction of sp³-hybridized carbons (Fsp3) is 0. The van der Waals surface area contributed by atoms with Crippen molar-refractivity contribution in [1.82, 2.24) is 4.98 Å². The number of aromatic nitrogens is 1. The van der Waals surface area contributed by atoms with Gasteiger partial charge in [-0.3, -0.25) is 4.98 Å². The summed E-state index contributed by atoms with van der Waals surface area (Å²) in [5.41, 5.74) is 1.06. The number of pyridine rings is 1. The average Bonchev–Trinajstić information content (AvgIpc) is 2.21. The monoisotopic (exact) mass is 180 g/mol. The highest BCUT2D eigenvalue weighted by Gasteiger charge is 1.86. The molecule has 3 heteroatoms. The molecule has 2 rings (SSSR count). The van der Waals surface area contributed by atoms with Gasteiger partial charge in [-0.05, 0) is 23.9 Å². The Morgan fingerprint density at radius 1 is 1.00 bits per heavy atom. The highest BCUT2D eigenvalue weighted by atomic mass is 35.5. The van der Waals surface area contributed by atoms with Crippen molar-refractivity contribution in [2.45, 2.75) is 0 Å². The van der Waals surface area contributed by atoms with Gasteiger partial charge in [-0.15, -0.1) is 0 Å². The van der Waals surface area contributed by atoms with Crippen molar-refractivity contribution >= 4 is 22.7 Å². The van der Waals surface area contributed by atoms with Crippen molar-refractivity contribution in [3.8, 4) is 0 Å². The second kappa shape index (κ2) is 4.70. The topological polar surface area (TPSA) is 38.9 Å². The minimum absolute atomic E-state index is 1.06. The van der Waals surface area contributed by atoms with Gasteiger partial charge in [0.2, 0.25) is 0 Å². The Hall–Kier alpha value is -1.12. The second-order valence-electron chi connectivity index (χ2n) is 2.20. The number of benzene rings is 1. The van der Waals surface area contributed by atoms with Crippen molar-refractivity contribution in [1.29, 1.82) is 0 Å². The van der Waals surface area contributed by atoms with Gasteiger partial charge in [0.05, 0.1) is 5.52 Å². The predicted molar refractivity (Wildman–Crippen MR) is 51.8 cm³/mol. The third-order valence-corrected chi connectivity index (χ3v) is 1.51.